The van der Waals surface area contributed by atoms with Crippen molar-refractivity contribution in [3.63, 3.8) is 0 Å². The number of nitrogens with zero attached hydrogens (tertiary/aromatic N) is 3. The molecule has 0 spiro atoms. The first-order chi connectivity index (χ1) is 20.0. The molecule has 4 N–H and O–H groups in total. The molecule has 202 valence electrons. The molecule has 0 fully saturated rings. The number of nitrogens with one attached hydrogen (secondary N) is 3. The van der Waals surface area contributed by atoms with Gasteiger partial charge in [-0.2, -0.15) is 5.10 Å². The van der Waals surface area contributed by atoms with E-state index in [4.69, 9.17) is 9.52 Å². The molecule has 10 nitrogen and oxygen atoms in total. The van der Waals surface area contributed by atoms with Gasteiger partial charge in [-0.1, -0.05) is 48.5 Å². The molecular formula is C31H24N6O4. The molecular weight excluding hydrogens is 520 g/mol. The van der Waals surface area contributed by atoms with Crippen molar-refractivity contribution in [2.75, 3.05) is 0 Å². The lowest BCUT2D eigenvalue weighted by Gasteiger charge is -2.25. The molecule has 4 heterocycles. The van der Waals surface area contributed by atoms with E-state index in [1.807, 2.05) is 72.8 Å². The Morgan fingerprint density at radius 2 is 1.78 bits per heavy atom. The van der Waals surface area contributed by atoms with Crippen LogP contribution in [-0.4, -0.2) is 42.4 Å². The molecule has 10 heteroatoms. The summed E-state index contributed by atoms with van der Waals surface area (Å²) in [7, 11) is 0. The predicted molar refractivity (Wildman–Crippen MR) is 150 cm³/mol. The summed E-state index contributed by atoms with van der Waals surface area (Å²) in [5.74, 6) is -0.207. The number of aryl methyl sites for hydroxylation is 2. The van der Waals surface area contributed by atoms with Crippen molar-refractivity contribution in [2.45, 2.75) is 25.3 Å². The summed E-state index contributed by atoms with van der Waals surface area (Å²) in [6, 6.07) is 24.2. The average molecular weight is 545 g/mol. The van der Waals surface area contributed by atoms with Crippen molar-refractivity contribution in [2.24, 2.45) is 0 Å². The summed E-state index contributed by atoms with van der Waals surface area (Å²) in [5, 5.41) is 29.7. The molecule has 0 saturated heterocycles. The quantitative estimate of drug-likeness (QED) is 0.218. The highest BCUT2D eigenvalue weighted by atomic mass is 16.4. The lowest BCUT2D eigenvalue weighted by Crippen LogP contribution is -2.35. The van der Waals surface area contributed by atoms with E-state index in [2.05, 4.69) is 25.6 Å². The lowest BCUT2D eigenvalue weighted by atomic mass is 9.89. The van der Waals surface area contributed by atoms with Crippen molar-refractivity contribution >= 4 is 22.8 Å². The molecule has 1 atom stereocenters. The van der Waals surface area contributed by atoms with E-state index in [1.165, 1.54) is 0 Å². The molecule has 3 aromatic carbocycles. The van der Waals surface area contributed by atoms with Crippen LogP contribution in [0.5, 0.6) is 0 Å². The van der Waals surface area contributed by atoms with Gasteiger partial charge in [-0.15, -0.1) is 10.2 Å². The Balaban J connectivity index is 1.25. The van der Waals surface area contributed by atoms with Gasteiger partial charge in [0.2, 0.25) is 11.8 Å². The first-order valence-corrected chi connectivity index (χ1v) is 13.2. The molecule has 0 radical (unpaired) electrons. The van der Waals surface area contributed by atoms with E-state index < -0.39 is 5.97 Å². The summed E-state index contributed by atoms with van der Waals surface area (Å²) in [5.41, 5.74) is 6.54. The smallest absolute Gasteiger partial charge is 0.352 e. The Hall–Kier alpha value is -5.51. The number of carboxylic acids is 1. The van der Waals surface area contributed by atoms with E-state index in [0.29, 0.717) is 47.8 Å². The zero-order valence-electron chi connectivity index (χ0n) is 21.7. The fourth-order valence-electron chi connectivity index (χ4n) is 5.42. The molecule has 1 unspecified atom stereocenters. The van der Waals surface area contributed by atoms with Gasteiger partial charge >= 0.3 is 5.97 Å². The Morgan fingerprint density at radius 1 is 0.951 bits per heavy atom. The summed E-state index contributed by atoms with van der Waals surface area (Å²) in [4.78, 5) is 27.5. The number of hydrogen-bond donors (Lipinski definition) is 4. The molecule has 1 aliphatic rings. The van der Waals surface area contributed by atoms with Crippen LogP contribution in [0.2, 0.25) is 0 Å². The van der Waals surface area contributed by atoms with E-state index in [-0.39, 0.29) is 17.6 Å². The van der Waals surface area contributed by atoms with Crippen LogP contribution in [0.1, 0.15) is 49.7 Å². The molecule has 0 bridgehead atoms. The molecule has 7 rings (SSSR count). The number of aromatic amines is 2. The number of benzene rings is 3. The molecule has 1 amide bonds. The minimum Gasteiger partial charge on any atom is -0.477 e. The standard InChI is InChI=1S/C31H24N6O4/c38-29-21-9-5-4-8-18(21)14-24(33-29)28-27(20-11-10-19-15-25(31(39)40)32-23(19)16-20)22(34-36-28)12-13-26-35-37-30(41-26)17-6-2-1-3-7-17/h1-11,15-16,24,32H,12-14H2,(H,33,38)(H,34,36)(H,39,40). The monoisotopic (exact) mass is 544 g/mol. The van der Waals surface area contributed by atoms with Crippen LogP contribution in [0.4, 0.5) is 0 Å². The zero-order chi connectivity index (χ0) is 27.9. The third-order valence-corrected chi connectivity index (χ3v) is 7.41. The number of aromatic carboxylic acids is 1. The fraction of sp³-hybridized carbons (Fsp3) is 0.129. The Kier molecular flexibility index (Phi) is 5.93. The van der Waals surface area contributed by atoms with E-state index in [9.17, 15) is 14.7 Å². The van der Waals surface area contributed by atoms with Gasteiger partial charge in [-0.3, -0.25) is 9.89 Å². The normalized spacial score (nSPS) is 14.6. The number of H-pyrrole nitrogens is 2. The molecule has 41 heavy (non-hydrogen) atoms. The Bertz CT molecular complexity index is 1920. The van der Waals surface area contributed by atoms with Gasteiger partial charge < -0.3 is 19.8 Å². The van der Waals surface area contributed by atoms with Crippen molar-refractivity contribution in [1.82, 2.24) is 30.7 Å². The van der Waals surface area contributed by atoms with Gasteiger partial charge in [-0.25, -0.2) is 4.79 Å². The molecule has 0 aliphatic carbocycles. The van der Waals surface area contributed by atoms with Crippen molar-refractivity contribution in [3.8, 4) is 22.6 Å². The van der Waals surface area contributed by atoms with Crippen molar-refractivity contribution in [1.29, 1.82) is 0 Å². The van der Waals surface area contributed by atoms with Crippen molar-refractivity contribution in [3.05, 3.63) is 113 Å². The summed E-state index contributed by atoms with van der Waals surface area (Å²) in [6.45, 7) is 0. The maximum Gasteiger partial charge on any atom is 0.352 e. The lowest BCUT2D eigenvalue weighted by molar-refractivity contribution is 0.0691. The SMILES string of the molecule is O=C(O)c1cc2ccc(-c3c(C4Cc5ccccc5C(=O)N4)n[nH]c3CCc3nnc(-c4ccccc4)o3)cc2[nH]1. The molecule has 3 aromatic heterocycles. The minimum atomic E-state index is -1.02. The number of carbonyl (C=O) groups excluding carboxylic acids is 1. The number of carboxylic acid groups (broad SMARTS) is 1. The van der Waals surface area contributed by atoms with Gasteiger partial charge in [0.15, 0.2) is 0 Å². The van der Waals surface area contributed by atoms with Crippen molar-refractivity contribution < 1.29 is 19.1 Å². The number of fused-ring (bicyclic) bond motifs is 2. The second kappa shape index (κ2) is 9.91. The van der Waals surface area contributed by atoms with E-state index in [1.54, 1.807) is 6.07 Å². The Labute approximate surface area is 233 Å². The number of rotatable bonds is 7. The van der Waals surface area contributed by atoms with Gasteiger partial charge in [0.05, 0.1) is 11.7 Å². The number of amides is 1. The second-order valence-corrected chi connectivity index (χ2v) is 10.0. The van der Waals surface area contributed by atoms with Crippen LogP contribution in [0.25, 0.3) is 33.5 Å². The largest absolute Gasteiger partial charge is 0.477 e. The van der Waals surface area contributed by atoms with Crippen LogP contribution in [-0.2, 0) is 19.3 Å². The molecule has 1 aliphatic heterocycles. The first kappa shape index (κ1) is 24.5. The highest BCUT2D eigenvalue weighted by Gasteiger charge is 2.30. The van der Waals surface area contributed by atoms with Crippen LogP contribution in [0, 0.1) is 0 Å². The maximum absolute atomic E-state index is 13.0. The fourth-order valence-corrected chi connectivity index (χ4v) is 5.42. The molecule has 6 aromatic rings. The number of aromatic nitrogens is 5. The van der Waals surface area contributed by atoms with Gasteiger partial charge in [0, 0.05) is 39.7 Å². The predicted octanol–water partition coefficient (Wildman–Crippen LogP) is 5.12. The summed E-state index contributed by atoms with van der Waals surface area (Å²) >= 11 is 0. The van der Waals surface area contributed by atoms with Gasteiger partial charge in [0.1, 0.15) is 5.69 Å². The third-order valence-electron chi connectivity index (χ3n) is 7.41. The van der Waals surface area contributed by atoms with E-state index >= 15 is 0 Å². The summed E-state index contributed by atoms with van der Waals surface area (Å²) < 4.78 is 5.92. The number of hydrogen-bond acceptors (Lipinski definition) is 6. The van der Waals surface area contributed by atoms with Crippen LogP contribution in [0.3, 0.4) is 0 Å². The van der Waals surface area contributed by atoms with Crippen LogP contribution in [0.15, 0.2) is 83.3 Å². The number of carbonyl (C=O) groups is 2. The maximum atomic E-state index is 13.0. The minimum absolute atomic E-state index is 0.117. The third kappa shape index (κ3) is 4.55. The highest BCUT2D eigenvalue weighted by molar-refractivity contribution is 5.98. The van der Waals surface area contributed by atoms with E-state index in [0.717, 1.165) is 33.3 Å². The van der Waals surface area contributed by atoms with Gasteiger partial charge in [-0.05, 0) is 54.3 Å². The second-order valence-electron chi connectivity index (χ2n) is 10.0. The Morgan fingerprint density at radius 3 is 2.63 bits per heavy atom. The highest BCUT2D eigenvalue weighted by Crippen LogP contribution is 2.36. The summed E-state index contributed by atoms with van der Waals surface area (Å²) in [6.07, 6.45) is 1.60. The first-order valence-electron chi connectivity index (χ1n) is 13.2. The average Bonchev–Trinajstić information content (AvgIpc) is 3.74. The van der Waals surface area contributed by atoms with Crippen LogP contribution < -0.4 is 5.32 Å². The zero-order valence-corrected chi connectivity index (χ0v) is 21.7. The topological polar surface area (TPSA) is 150 Å². The molecule has 0 saturated carbocycles. The van der Waals surface area contributed by atoms with Gasteiger partial charge in [0.25, 0.3) is 5.91 Å². The van der Waals surface area contributed by atoms with Crippen LogP contribution >= 0.6 is 0 Å².